The maximum Gasteiger partial charge on any atom is 0.699 e. The molecule has 0 bridgehead atoms. The molecule has 0 aliphatic rings. The first-order chi connectivity index (χ1) is 12.4. The fourth-order valence-corrected chi connectivity index (χ4v) is 2.53. The first-order valence-electron chi connectivity index (χ1n) is 8.91. The van der Waals surface area contributed by atoms with Crippen LogP contribution in [0.4, 0.5) is 0 Å². The van der Waals surface area contributed by atoms with Gasteiger partial charge in [0.2, 0.25) is 0 Å². The van der Waals surface area contributed by atoms with Crippen molar-refractivity contribution >= 4 is 6.29 Å². The molecule has 0 saturated carbocycles. The minimum atomic E-state index is -3.33. The highest BCUT2D eigenvalue weighted by Crippen LogP contribution is 2.21. The van der Waals surface area contributed by atoms with Gasteiger partial charge in [0, 0.05) is 6.42 Å². The minimum absolute atomic E-state index is 0.0531. The van der Waals surface area contributed by atoms with Crippen LogP contribution in [0.3, 0.4) is 0 Å². The van der Waals surface area contributed by atoms with E-state index in [1.54, 1.807) is 0 Å². The topological polar surface area (TPSA) is 146 Å². The molecule has 0 aromatic carbocycles. The molecule has 0 heterocycles. The summed E-state index contributed by atoms with van der Waals surface area (Å²) in [6.45, 7) is 0. The highest BCUT2D eigenvalue weighted by atomic mass is 16.7. The number of nitro groups is 3. The van der Waals surface area contributed by atoms with Gasteiger partial charge in [0.15, 0.2) is 21.2 Å². The first-order valence-corrected chi connectivity index (χ1v) is 8.91. The van der Waals surface area contributed by atoms with Gasteiger partial charge in [0.05, 0.1) is 0 Å². The molecule has 0 atom stereocenters. The average molecular weight is 373 g/mol. The van der Waals surface area contributed by atoms with Crippen LogP contribution in [0, 0.1) is 30.3 Å². The third kappa shape index (κ3) is 8.63. The van der Waals surface area contributed by atoms with Gasteiger partial charge in [-0.2, -0.15) is 0 Å². The second-order valence-corrected chi connectivity index (χ2v) is 6.13. The Morgan fingerprint density at radius 3 is 1.42 bits per heavy atom. The summed E-state index contributed by atoms with van der Waals surface area (Å²) < 4.78 is 0. The quantitative estimate of drug-likeness (QED) is 0.0937. The van der Waals surface area contributed by atoms with E-state index < -0.39 is 27.0 Å². The Kier molecular flexibility index (Phi) is 12.6. The number of unbranched alkanes of at least 4 members (excludes halogenated alkanes) is 9. The average Bonchev–Trinajstić information content (AvgIpc) is 2.57. The maximum atomic E-state index is 10.8. The summed E-state index contributed by atoms with van der Waals surface area (Å²) in [7, 11) is 0. The van der Waals surface area contributed by atoms with E-state index in [-0.39, 0.29) is 6.42 Å². The first kappa shape index (κ1) is 23.6. The Morgan fingerprint density at radius 2 is 1.00 bits per heavy atom. The molecular weight excluding hydrogens is 346 g/mol. The number of carbonyl (C=O) groups excluding carboxylic acids is 1. The molecule has 0 fully saturated rings. The summed E-state index contributed by atoms with van der Waals surface area (Å²) in [5, 5.41) is 32.3. The normalized spacial score (nSPS) is 11.5. The fourth-order valence-electron chi connectivity index (χ4n) is 2.53. The second-order valence-electron chi connectivity index (χ2n) is 6.13. The molecular formula is C16H27N3O7. The number of nitrogens with zero attached hydrogens (tertiary/aromatic N) is 3. The zero-order valence-electron chi connectivity index (χ0n) is 14.9. The number of hydrogen-bond donors (Lipinski definition) is 0. The largest absolute Gasteiger partial charge is 0.699 e. The van der Waals surface area contributed by atoms with E-state index in [1.807, 2.05) is 6.08 Å². The van der Waals surface area contributed by atoms with Crippen LogP contribution in [0.1, 0.15) is 77.0 Å². The van der Waals surface area contributed by atoms with Gasteiger partial charge >= 0.3 is 5.79 Å². The Balaban J connectivity index is 3.83. The van der Waals surface area contributed by atoms with E-state index in [4.69, 9.17) is 0 Å². The number of aldehydes is 1. The lowest BCUT2D eigenvalue weighted by Crippen LogP contribution is -2.53. The highest BCUT2D eigenvalue weighted by molar-refractivity contribution is 5.48. The van der Waals surface area contributed by atoms with Crippen LogP contribution in [-0.4, -0.2) is 26.8 Å². The Hall–Kier alpha value is -2.39. The fraction of sp³-hybridized carbons (Fsp3) is 0.812. The van der Waals surface area contributed by atoms with Gasteiger partial charge in [0.25, 0.3) is 0 Å². The van der Waals surface area contributed by atoms with Crippen molar-refractivity contribution in [3.05, 3.63) is 42.5 Å². The van der Waals surface area contributed by atoms with Crippen LogP contribution in [0.2, 0.25) is 0 Å². The molecule has 26 heavy (non-hydrogen) atoms. The van der Waals surface area contributed by atoms with Crippen LogP contribution in [-0.2, 0) is 4.79 Å². The lowest BCUT2D eigenvalue weighted by molar-refractivity contribution is -0.970. The van der Waals surface area contributed by atoms with Crippen LogP contribution >= 0.6 is 0 Å². The number of carbonyl (C=O) groups is 1. The smallest absolute Gasteiger partial charge is 0.303 e. The van der Waals surface area contributed by atoms with Crippen LogP contribution in [0.5, 0.6) is 0 Å². The molecule has 10 heteroatoms. The number of allylic oxidation sites excluding steroid dienone is 2. The van der Waals surface area contributed by atoms with E-state index in [2.05, 4.69) is 6.08 Å². The molecule has 0 saturated heterocycles. The lowest BCUT2D eigenvalue weighted by Gasteiger charge is -2.08. The molecule has 0 aromatic heterocycles. The summed E-state index contributed by atoms with van der Waals surface area (Å²) in [5.74, 6) is -3.33. The van der Waals surface area contributed by atoms with Gasteiger partial charge in [0.1, 0.15) is 6.29 Å². The number of hydrogen-bond acceptors (Lipinski definition) is 7. The van der Waals surface area contributed by atoms with Crippen molar-refractivity contribution in [2.75, 3.05) is 0 Å². The van der Waals surface area contributed by atoms with Crippen molar-refractivity contribution < 1.29 is 19.6 Å². The standard InChI is InChI=1S/C16H27N3O7/c20-15-13-11-9-7-5-3-1-2-4-6-8-10-12-14-16(17(21)22,18(23)24)19(25)26/h2,4,15H,1,3,5-14H2/b4-2-. The molecule has 0 aliphatic heterocycles. The van der Waals surface area contributed by atoms with Gasteiger partial charge in [-0.15, -0.1) is 0 Å². The molecule has 10 nitrogen and oxygen atoms in total. The zero-order valence-corrected chi connectivity index (χ0v) is 14.9. The van der Waals surface area contributed by atoms with E-state index in [9.17, 15) is 35.1 Å². The number of rotatable bonds is 17. The molecule has 0 radical (unpaired) electrons. The second kappa shape index (κ2) is 13.9. The van der Waals surface area contributed by atoms with Crippen LogP contribution < -0.4 is 0 Å². The molecule has 0 spiro atoms. The molecule has 0 aromatic rings. The maximum absolute atomic E-state index is 10.8. The van der Waals surface area contributed by atoms with Crippen molar-refractivity contribution in [3.63, 3.8) is 0 Å². The van der Waals surface area contributed by atoms with Gasteiger partial charge in [-0.05, 0) is 38.5 Å². The summed E-state index contributed by atoms with van der Waals surface area (Å²) >= 11 is 0. The van der Waals surface area contributed by atoms with Crippen molar-refractivity contribution in [2.24, 2.45) is 0 Å². The Bertz CT molecular complexity index is 458. The predicted octanol–water partition coefficient (Wildman–Crippen LogP) is 3.91. The SMILES string of the molecule is O=CCCCCCCC/C=C\CCCCCC([N+](=O)[O-])([N+](=O)[O-])[N+](=O)[O-]. The summed E-state index contributed by atoms with van der Waals surface area (Å²) in [6.07, 6.45) is 13.1. The third-order valence-corrected chi connectivity index (χ3v) is 4.12. The van der Waals surface area contributed by atoms with Gasteiger partial charge in [-0.25, -0.2) is 0 Å². The summed E-state index contributed by atoms with van der Waals surface area (Å²) in [6, 6.07) is 0. The predicted molar refractivity (Wildman–Crippen MR) is 94.3 cm³/mol. The Morgan fingerprint density at radius 1 is 0.615 bits per heavy atom. The zero-order chi connectivity index (χ0) is 19.8. The van der Waals surface area contributed by atoms with E-state index >= 15 is 0 Å². The summed E-state index contributed by atoms with van der Waals surface area (Å²) in [5.41, 5.74) is 0. The van der Waals surface area contributed by atoms with Crippen molar-refractivity contribution in [3.8, 4) is 0 Å². The van der Waals surface area contributed by atoms with Gasteiger partial charge < -0.3 is 4.79 Å². The van der Waals surface area contributed by atoms with Gasteiger partial charge in [-0.1, -0.05) is 37.8 Å². The van der Waals surface area contributed by atoms with E-state index in [0.717, 1.165) is 51.2 Å². The monoisotopic (exact) mass is 373 g/mol. The third-order valence-electron chi connectivity index (χ3n) is 4.12. The lowest BCUT2D eigenvalue weighted by atomic mass is 10.1. The van der Waals surface area contributed by atoms with Gasteiger partial charge in [-0.3, -0.25) is 30.3 Å². The van der Waals surface area contributed by atoms with Crippen molar-refractivity contribution in [2.45, 2.75) is 82.8 Å². The van der Waals surface area contributed by atoms with Crippen LogP contribution in [0.15, 0.2) is 12.2 Å². The molecule has 0 aliphatic carbocycles. The molecule has 0 N–H and O–H groups in total. The van der Waals surface area contributed by atoms with E-state index in [1.165, 1.54) is 0 Å². The van der Waals surface area contributed by atoms with E-state index in [0.29, 0.717) is 19.3 Å². The summed E-state index contributed by atoms with van der Waals surface area (Å²) in [4.78, 5) is 38.2. The van der Waals surface area contributed by atoms with Crippen LogP contribution in [0.25, 0.3) is 0 Å². The Labute approximate surface area is 152 Å². The highest BCUT2D eigenvalue weighted by Gasteiger charge is 2.69. The molecule has 0 amide bonds. The molecule has 0 unspecified atom stereocenters. The van der Waals surface area contributed by atoms with Crippen molar-refractivity contribution in [1.29, 1.82) is 0 Å². The van der Waals surface area contributed by atoms with Crippen molar-refractivity contribution in [1.82, 2.24) is 0 Å². The molecule has 148 valence electrons. The minimum Gasteiger partial charge on any atom is -0.303 e. The molecule has 0 rings (SSSR count).